The first-order chi connectivity index (χ1) is 14.8. The first kappa shape index (κ1) is 19.6. The molecule has 0 radical (unpaired) electrons. The van der Waals surface area contributed by atoms with Gasteiger partial charge in [-0.2, -0.15) is 5.26 Å². The molecule has 0 unspecified atom stereocenters. The van der Waals surface area contributed by atoms with Crippen molar-refractivity contribution in [2.75, 3.05) is 6.54 Å². The molecule has 0 spiro atoms. The van der Waals surface area contributed by atoms with Gasteiger partial charge in [0, 0.05) is 6.54 Å². The zero-order chi connectivity index (χ0) is 20.8. The van der Waals surface area contributed by atoms with E-state index in [1.165, 1.54) is 5.56 Å². The van der Waals surface area contributed by atoms with Gasteiger partial charge in [-0.25, -0.2) is 0 Å². The van der Waals surface area contributed by atoms with E-state index in [0.717, 1.165) is 30.6 Å². The summed E-state index contributed by atoms with van der Waals surface area (Å²) >= 11 is 0. The van der Waals surface area contributed by atoms with Gasteiger partial charge in [0.05, 0.1) is 24.4 Å². The van der Waals surface area contributed by atoms with E-state index in [0.29, 0.717) is 29.6 Å². The zero-order valence-corrected chi connectivity index (χ0v) is 16.8. The minimum Gasteiger partial charge on any atom is -0.459 e. The Kier molecular flexibility index (Phi) is 6.02. The number of benzene rings is 2. The Morgan fingerprint density at radius 3 is 2.53 bits per heavy atom. The predicted molar refractivity (Wildman–Crippen MR) is 113 cm³/mol. The van der Waals surface area contributed by atoms with E-state index < -0.39 is 0 Å². The Morgan fingerprint density at radius 2 is 1.80 bits per heavy atom. The van der Waals surface area contributed by atoms with Crippen LogP contribution in [0.5, 0.6) is 0 Å². The van der Waals surface area contributed by atoms with E-state index in [2.05, 4.69) is 52.4 Å². The van der Waals surface area contributed by atoms with Crippen LogP contribution in [0.15, 0.2) is 75.8 Å². The highest BCUT2D eigenvalue weighted by molar-refractivity contribution is 5.70. The lowest BCUT2D eigenvalue weighted by Crippen LogP contribution is -2.23. The minimum atomic E-state index is 0.395. The van der Waals surface area contributed by atoms with Gasteiger partial charge < -0.3 is 8.83 Å². The fraction of sp³-hybridized carbons (Fsp3) is 0.208. The van der Waals surface area contributed by atoms with Gasteiger partial charge in [0.1, 0.15) is 0 Å². The highest BCUT2D eigenvalue weighted by Gasteiger charge is 2.14. The Bertz CT molecular complexity index is 1120. The van der Waals surface area contributed by atoms with Gasteiger partial charge in [-0.3, -0.25) is 4.90 Å². The summed E-state index contributed by atoms with van der Waals surface area (Å²) in [5, 5.41) is 17.6. The van der Waals surface area contributed by atoms with E-state index in [1.807, 2.05) is 24.3 Å². The van der Waals surface area contributed by atoms with Crippen molar-refractivity contribution in [2.24, 2.45) is 0 Å². The normalized spacial score (nSPS) is 11.0. The first-order valence-electron chi connectivity index (χ1n) is 9.94. The van der Waals surface area contributed by atoms with Crippen LogP contribution in [0.2, 0.25) is 0 Å². The smallest absolute Gasteiger partial charge is 0.283 e. The highest BCUT2D eigenvalue weighted by Crippen LogP contribution is 2.24. The van der Waals surface area contributed by atoms with Crippen molar-refractivity contribution in [1.82, 2.24) is 15.1 Å². The Balaban J connectivity index is 1.46. The maximum atomic E-state index is 9.33. The molecule has 0 saturated carbocycles. The van der Waals surface area contributed by atoms with Gasteiger partial charge in [-0.1, -0.05) is 49.4 Å². The molecule has 2 aromatic carbocycles. The molecular formula is C24H22N4O2. The molecule has 0 aliphatic heterocycles. The van der Waals surface area contributed by atoms with Crippen molar-refractivity contribution < 1.29 is 8.83 Å². The molecule has 0 amide bonds. The molecule has 0 aliphatic carbocycles. The second kappa shape index (κ2) is 9.21. The molecule has 0 fully saturated rings. The summed E-state index contributed by atoms with van der Waals surface area (Å²) in [6.45, 7) is 4.40. The van der Waals surface area contributed by atoms with Gasteiger partial charge >= 0.3 is 0 Å². The molecule has 0 atom stereocenters. The lowest BCUT2D eigenvalue weighted by atomic mass is 9.99. The molecule has 6 nitrogen and oxygen atoms in total. The zero-order valence-electron chi connectivity index (χ0n) is 16.8. The van der Waals surface area contributed by atoms with E-state index in [-0.39, 0.29) is 0 Å². The van der Waals surface area contributed by atoms with Crippen molar-refractivity contribution >= 4 is 0 Å². The predicted octanol–water partition coefficient (Wildman–Crippen LogP) is 5.28. The maximum Gasteiger partial charge on any atom is 0.283 e. The first-order valence-corrected chi connectivity index (χ1v) is 9.94. The molecule has 0 aliphatic rings. The molecule has 0 bridgehead atoms. The quantitative estimate of drug-likeness (QED) is 0.402. The van der Waals surface area contributed by atoms with E-state index >= 15 is 0 Å². The fourth-order valence-corrected chi connectivity index (χ4v) is 3.42. The summed E-state index contributed by atoms with van der Waals surface area (Å²) in [5.74, 6) is 1.53. The van der Waals surface area contributed by atoms with E-state index in [9.17, 15) is 5.26 Å². The van der Waals surface area contributed by atoms with Crippen molar-refractivity contribution in [3.8, 4) is 28.8 Å². The monoisotopic (exact) mass is 398 g/mol. The topological polar surface area (TPSA) is 79.1 Å². The molecule has 2 heterocycles. The molecule has 0 saturated heterocycles. The Hall–Kier alpha value is -3.69. The molecular weight excluding hydrogens is 376 g/mol. The second-order valence-electron chi connectivity index (χ2n) is 7.04. The third kappa shape index (κ3) is 4.48. The Labute approximate surface area is 175 Å². The molecule has 30 heavy (non-hydrogen) atoms. The summed E-state index contributed by atoms with van der Waals surface area (Å²) < 4.78 is 11.1. The minimum absolute atomic E-state index is 0.395. The maximum absolute atomic E-state index is 9.33. The number of furan rings is 1. The van der Waals surface area contributed by atoms with Crippen LogP contribution < -0.4 is 0 Å². The third-order valence-electron chi connectivity index (χ3n) is 4.82. The van der Waals surface area contributed by atoms with Crippen LogP contribution in [0.1, 0.15) is 30.4 Å². The molecule has 6 heteroatoms. The summed E-state index contributed by atoms with van der Waals surface area (Å²) in [4.78, 5) is 2.28. The Morgan fingerprint density at radius 1 is 0.967 bits per heavy atom. The van der Waals surface area contributed by atoms with E-state index in [1.54, 1.807) is 18.4 Å². The van der Waals surface area contributed by atoms with Gasteiger partial charge in [0.25, 0.3) is 5.89 Å². The lowest BCUT2D eigenvalue weighted by Gasteiger charge is -2.20. The van der Waals surface area contributed by atoms with Gasteiger partial charge in [-0.15, -0.1) is 10.2 Å². The SMILES string of the molecule is CCCN(Cc1ccc(-c2ccccc2C#N)cc1)Cc1nnc(-c2ccco2)o1. The van der Waals surface area contributed by atoms with Crippen molar-refractivity contribution in [3.05, 3.63) is 83.9 Å². The van der Waals surface area contributed by atoms with Gasteiger partial charge in [-0.05, 0) is 47.9 Å². The van der Waals surface area contributed by atoms with Crippen LogP contribution in [-0.4, -0.2) is 21.6 Å². The van der Waals surface area contributed by atoms with Crippen LogP contribution in [0.25, 0.3) is 22.8 Å². The molecule has 4 rings (SSSR count). The van der Waals surface area contributed by atoms with Crippen molar-refractivity contribution in [2.45, 2.75) is 26.4 Å². The standard InChI is InChI=1S/C24H22N4O2/c1-2-13-28(17-23-26-27-24(30-23)22-8-5-14-29-22)16-18-9-11-19(12-10-18)21-7-4-3-6-20(21)15-25/h3-12,14H,2,13,16-17H2,1H3. The lowest BCUT2D eigenvalue weighted by molar-refractivity contribution is 0.231. The van der Waals surface area contributed by atoms with Crippen LogP contribution in [-0.2, 0) is 13.1 Å². The summed E-state index contributed by atoms with van der Waals surface area (Å²) in [5.41, 5.74) is 3.86. The average Bonchev–Trinajstić information content (AvgIpc) is 3.46. The number of nitrogens with zero attached hydrogens (tertiary/aromatic N) is 4. The van der Waals surface area contributed by atoms with Crippen LogP contribution in [0.4, 0.5) is 0 Å². The van der Waals surface area contributed by atoms with Crippen LogP contribution in [0.3, 0.4) is 0 Å². The van der Waals surface area contributed by atoms with Gasteiger partial charge in [0.15, 0.2) is 5.76 Å². The second-order valence-corrected chi connectivity index (χ2v) is 7.04. The molecule has 2 aromatic heterocycles. The van der Waals surface area contributed by atoms with Crippen LogP contribution >= 0.6 is 0 Å². The summed E-state index contributed by atoms with van der Waals surface area (Å²) in [6.07, 6.45) is 2.61. The summed E-state index contributed by atoms with van der Waals surface area (Å²) in [7, 11) is 0. The molecule has 4 aromatic rings. The molecule has 150 valence electrons. The average molecular weight is 398 g/mol. The van der Waals surface area contributed by atoms with Crippen LogP contribution in [0, 0.1) is 11.3 Å². The highest BCUT2D eigenvalue weighted by atomic mass is 16.4. The number of aromatic nitrogens is 2. The summed E-state index contributed by atoms with van der Waals surface area (Å²) in [6, 6.07) is 21.8. The largest absolute Gasteiger partial charge is 0.459 e. The molecule has 0 N–H and O–H groups in total. The van der Waals surface area contributed by atoms with Crippen molar-refractivity contribution in [3.63, 3.8) is 0 Å². The number of hydrogen-bond donors (Lipinski definition) is 0. The fourth-order valence-electron chi connectivity index (χ4n) is 3.42. The number of rotatable bonds is 8. The van der Waals surface area contributed by atoms with Gasteiger partial charge in [0.2, 0.25) is 5.89 Å². The third-order valence-corrected chi connectivity index (χ3v) is 4.82. The van der Waals surface area contributed by atoms with Crippen molar-refractivity contribution in [1.29, 1.82) is 5.26 Å². The number of hydrogen-bond acceptors (Lipinski definition) is 6. The van der Waals surface area contributed by atoms with E-state index in [4.69, 9.17) is 8.83 Å². The number of nitriles is 1.